The summed E-state index contributed by atoms with van der Waals surface area (Å²) in [7, 11) is 1.53. The number of nitrogens with zero attached hydrogens (tertiary/aromatic N) is 1. The number of nitrogens with one attached hydrogen (secondary N) is 1. The Morgan fingerprint density at radius 3 is 2.33 bits per heavy atom. The fraction of sp³-hybridized carbons (Fsp3) is 0.368. The van der Waals surface area contributed by atoms with E-state index in [-0.39, 0.29) is 24.9 Å². The van der Waals surface area contributed by atoms with Crippen molar-refractivity contribution in [1.29, 1.82) is 0 Å². The Bertz CT molecular complexity index is 1710. The van der Waals surface area contributed by atoms with Crippen molar-refractivity contribution in [3.63, 3.8) is 0 Å². The number of rotatable bonds is 13. The maximum Gasteiger partial charge on any atom is 0.408 e. The molecule has 1 aromatic heterocycles. The van der Waals surface area contributed by atoms with Gasteiger partial charge in [-0.15, -0.1) is 0 Å². The molecule has 5 rings (SSSR count). The molecule has 4 aromatic rings. The van der Waals surface area contributed by atoms with E-state index >= 15 is 0 Å². The second-order valence-corrected chi connectivity index (χ2v) is 12.7. The molecule has 0 spiro atoms. The highest BCUT2D eigenvalue weighted by atomic mass is 16.6. The molecule has 1 heterocycles. The zero-order valence-electron chi connectivity index (χ0n) is 27.8. The number of alkyl carbamates (subject to hydrolysis) is 1. The van der Waals surface area contributed by atoms with Gasteiger partial charge in [-0.3, -0.25) is 9.78 Å². The minimum Gasteiger partial charge on any atom is -0.493 e. The Morgan fingerprint density at radius 1 is 0.917 bits per heavy atom. The number of pyridine rings is 1. The molecule has 1 saturated carbocycles. The molecular formula is C38H42N2O8. The number of fused-ring (bicyclic) bond motifs is 1. The Balaban J connectivity index is 1.25. The van der Waals surface area contributed by atoms with E-state index in [1.165, 1.54) is 7.11 Å². The highest BCUT2D eigenvalue weighted by molar-refractivity contribution is 5.97. The number of Topliss-reactive ketones (excluding diaryl/α,β-unsaturated/α-hetero) is 1. The number of ether oxygens (including phenoxy) is 5. The predicted molar refractivity (Wildman–Crippen MR) is 181 cm³/mol. The van der Waals surface area contributed by atoms with Crippen LogP contribution in [0.25, 0.3) is 10.9 Å². The standard InChI is InChI=1S/C38H42N2O8/c1-38(2,3)48-37(43)40-30(36(42)47-27-12-8-9-13-27)19-21-45-35-24-31-29(23-34(35)44-4)33(18-20-39-31)46-28-16-14-25(15-17-28)22-32(41)26-10-6-5-7-11-26/h5-7,10-11,14-18,20,23-24,27,30H,8-9,12-13,19,21-22H2,1-4H3,(H,40,43). The molecule has 0 radical (unpaired) electrons. The number of amides is 1. The summed E-state index contributed by atoms with van der Waals surface area (Å²) in [5.74, 6) is 1.57. The van der Waals surface area contributed by atoms with Gasteiger partial charge in [0.2, 0.25) is 0 Å². The van der Waals surface area contributed by atoms with Crippen LogP contribution in [0.1, 0.15) is 68.8 Å². The van der Waals surface area contributed by atoms with Crippen molar-refractivity contribution in [1.82, 2.24) is 10.3 Å². The second kappa shape index (κ2) is 15.6. The molecule has 1 unspecified atom stereocenters. The van der Waals surface area contributed by atoms with Gasteiger partial charge in [0.15, 0.2) is 17.3 Å². The van der Waals surface area contributed by atoms with Crippen LogP contribution < -0.4 is 19.5 Å². The molecule has 10 nitrogen and oxygen atoms in total. The lowest BCUT2D eigenvalue weighted by molar-refractivity contribution is -0.151. The van der Waals surface area contributed by atoms with Crippen LogP contribution in [0.15, 0.2) is 79.0 Å². The predicted octanol–water partition coefficient (Wildman–Crippen LogP) is 7.61. The van der Waals surface area contributed by atoms with Crippen LogP contribution in [-0.4, -0.2) is 54.3 Å². The topological polar surface area (TPSA) is 122 Å². The summed E-state index contributed by atoms with van der Waals surface area (Å²) in [6.45, 7) is 5.35. The summed E-state index contributed by atoms with van der Waals surface area (Å²) in [4.78, 5) is 42.7. The number of hydrogen-bond acceptors (Lipinski definition) is 9. The molecule has 1 amide bonds. The molecule has 1 N–H and O–H groups in total. The Kier molecular flexibility index (Phi) is 11.2. The number of methoxy groups -OCH3 is 1. The van der Waals surface area contributed by atoms with Crippen LogP contribution in [0.4, 0.5) is 4.79 Å². The van der Waals surface area contributed by atoms with Crippen LogP contribution in [0.3, 0.4) is 0 Å². The zero-order chi connectivity index (χ0) is 34.1. The second-order valence-electron chi connectivity index (χ2n) is 12.7. The minimum absolute atomic E-state index is 0.0494. The zero-order valence-corrected chi connectivity index (χ0v) is 27.8. The molecule has 0 bridgehead atoms. The smallest absolute Gasteiger partial charge is 0.408 e. The number of carbonyl (C=O) groups is 3. The first-order valence-electron chi connectivity index (χ1n) is 16.2. The number of carbonyl (C=O) groups excluding carboxylic acids is 3. The first-order chi connectivity index (χ1) is 23.1. The summed E-state index contributed by atoms with van der Waals surface area (Å²) in [5.41, 5.74) is 1.45. The van der Waals surface area contributed by atoms with E-state index in [4.69, 9.17) is 23.7 Å². The Hall–Kier alpha value is -5.12. The first-order valence-corrected chi connectivity index (χ1v) is 16.2. The van der Waals surface area contributed by atoms with E-state index in [2.05, 4.69) is 10.3 Å². The SMILES string of the molecule is COc1cc2c(Oc3ccc(CC(=O)c4ccccc4)cc3)ccnc2cc1OCCC(NC(=O)OC(C)(C)C)C(=O)OC1CCCC1. The van der Waals surface area contributed by atoms with Crippen LogP contribution in [0, 0.1) is 0 Å². The number of aromatic nitrogens is 1. The third kappa shape index (κ3) is 9.47. The van der Waals surface area contributed by atoms with Gasteiger partial charge in [0.1, 0.15) is 29.2 Å². The van der Waals surface area contributed by atoms with E-state index in [1.807, 2.05) is 54.6 Å². The average molecular weight is 655 g/mol. The molecular weight excluding hydrogens is 612 g/mol. The van der Waals surface area contributed by atoms with E-state index < -0.39 is 23.7 Å². The van der Waals surface area contributed by atoms with Gasteiger partial charge in [-0.25, -0.2) is 9.59 Å². The Labute approximate surface area is 280 Å². The van der Waals surface area contributed by atoms with Gasteiger partial charge in [-0.05, 0) is 76.3 Å². The molecule has 0 aliphatic heterocycles. The van der Waals surface area contributed by atoms with Gasteiger partial charge < -0.3 is 29.0 Å². The number of benzene rings is 3. The van der Waals surface area contributed by atoms with Gasteiger partial charge in [0.05, 0.1) is 19.2 Å². The van der Waals surface area contributed by atoms with Crippen LogP contribution in [-0.2, 0) is 20.7 Å². The first kappa shape index (κ1) is 34.2. The van der Waals surface area contributed by atoms with Gasteiger partial charge >= 0.3 is 12.1 Å². The maximum absolute atomic E-state index is 13.0. The molecule has 48 heavy (non-hydrogen) atoms. The number of hydrogen-bond donors (Lipinski definition) is 1. The van der Waals surface area contributed by atoms with Crippen molar-refractivity contribution in [3.05, 3.63) is 90.1 Å². The molecule has 1 atom stereocenters. The van der Waals surface area contributed by atoms with E-state index in [0.717, 1.165) is 31.2 Å². The van der Waals surface area contributed by atoms with E-state index in [9.17, 15) is 14.4 Å². The molecule has 3 aromatic carbocycles. The summed E-state index contributed by atoms with van der Waals surface area (Å²) in [6.07, 6.45) is 4.88. The van der Waals surface area contributed by atoms with Gasteiger partial charge in [0, 0.05) is 36.1 Å². The van der Waals surface area contributed by atoms with Crippen molar-refractivity contribution in [2.24, 2.45) is 0 Å². The Morgan fingerprint density at radius 2 is 1.65 bits per heavy atom. The van der Waals surface area contributed by atoms with Crippen molar-refractivity contribution in [3.8, 4) is 23.0 Å². The van der Waals surface area contributed by atoms with Crippen molar-refractivity contribution in [2.45, 2.75) is 77.0 Å². The lowest BCUT2D eigenvalue weighted by Gasteiger charge is -2.24. The summed E-state index contributed by atoms with van der Waals surface area (Å²) in [6, 6.07) is 21.0. The summed E-state index contributed by atoms with van der Waals surface area (Å²) >= 11 is 0. The molecule has 10 heteroatoms. The summed E-state index contributed by atoms with van der Waals surface area (Å²) in [5, 5.41) is 3.35. The highest BCUT2D eigenvalue weighted by Crippen LogP contribution is 2.37. The fourth-order valence-corrected chi connectivity index (χ4v) is 5.44. The monoisotopic (exact) mass is 654 g/mol. The van der Waals surface area contributed by atoms with Gasteiger partial charge in [-0.2, -0.15) is 0 Å². The molecule has 0 saturated heterocycles. The van der Waals surface area contributed by atoms with Crippen LogP contribution >= 0.6 is 0 Å². The molecule has 252 valence electrons. The average Bonchev–Trinajstić information content (AvgIpc) is 3.57. The minimum atomic E-state index is -0.951. The lowest BCUT2D eigenvalue weighted by atomic mass is 10.0. The van der Waals surface area contributed by atoms with Crippen molar-refractivity contribution in [2.75, 3.05) is 13.7 Å². The molecule has 1 fully saturated rings. The van der Waals surface area contributed by atoms with E-state index in [0.29, 0.717) is 45.9 Å². The fourth-order valence-electron chi connectivity index (χ4n) is 5.44. The van der Waals surface area contributed by atoms with E-state index in [1.54, 1.807) is 45.2 Å². The maximum atomic E-state index is 13.0. The quantitative estimate of drug-likeness (QED) is 0.115. The molecule has 1 aliphatic rings. The number of esters is 1. The normalized spacial score (nSPS) is 13.8. The number of ketones is 1. The largest absolute Gasteiger partial charge is 0.493 e. The van der Waals surface area contributed by atoms with Gasteiger partial charge in [0.25, 0.3) is 0 Å². The van der Waals surface area contributed by atoms with Gasteiger partial charge in [-0.1, -0.05) is 42.5 Å². The van der Waals surface area contributed by atoms with Crippen molar-refractivity contribution >= 4 is 28.7 Å². The summed E-state index contributed by atoms with van der Waals surface area (Å²) < 4.78 is 29.0. The lowest BCUT2D eigenvalue weighted by Crippen LogP contribution is -2.45. The molecule has 1 aliphatic carbocycles. The third-order valence-corrected chi connectivity index (χ3v) is 7.82. The third-order valence-electron chi connectivity index (χ3n) is 7.82. The van der Waals surface area contributed by atoms with Crippen molar-refractivity contribution < 1.29 is 38.1 Å². The highest BCUT2D eigenvalue weighted by Gasteiger charge is 2.29. The van der Waals surface area contributed by atoms with Crippen LogP contribution in [0.2, 0.25) is 0 Å². The van der Waals surface area contributed by atoms with Crippen LogP contribution in [0.5, 0.6) is 23.0 Å².